The van der Waals surface area contributed by atoms with E-state index in [9.17, 15) is 4.21 Å². The van der Waals surface area contributed by atoms with Gasteiger partial charge in [-0.15, -0.1) is 11.6 Å². The van der Waals surface area contributed by atoms with Gasteiger partial charge in [0.1, 0.15) is 0 Å². The van der Waals surface area contributed by atoms with E-state index in [1.807, 2.05) is 18.2 Å². The molecule has 0 N–H and O–H groups in total. The van der Waals surface area contributed by atoms with Crippen LogP contribution >= 0.6 is 11.6 Å². The van der Waals surface area contributed by atoms with E-state index in [2.05, 4.69) is 4.98 Å². The molecule has 1 unspecified atom stereocenters. The molecule has 0 aliphatic rings. The first-order valence-corrected chi connectivity index (χ1v) is 6.66. The topological polar surface area (TPSA) is 30.0 Å². The monoisotopic (exact) mass is 231 g/mol. The Morgan fingerprint density at radius 3 is 2.86 bits per heavy atom. The van der Waals surface area contributed by atoms with Crippen molar-refractivity contribution in [2.24, 2.45) is 0 Å². The van der Waals surface area contributed by atoms with Crippen molar-refractivity contribution in [3.05, 3.63) is 30.1 Å². The van der Waals surface area contributed by atoms with Crippen molar-refractivity contribution in [3.8, 4) is 0 Å². The molecule has 78 valence electrons. The molecule has 0 saturated carbocycles. The number of aromatic nitrogens is 1. The van der Waals surface area contributed by atoms with Gasteiger partial charge < -0.3 is 0 Å². The summed E-state index contributed by atoms with van der Waals surface area (Å²) >= 11 is 5.53. The van der Waals surface area contributed by atoms with Gasteiger partial charge in [-0.1, -0.05) is 6.07 Å². The Balaban J connectivity index is 2.27. The maximum atomic E-state index is 11.5. The maximum absolute atomic E-state index is 11.5. The van der Waals surface area contributed by atoms with Crippen molar-refractivity contribution in [1.82, 2.24) is 4.98 Å². The Bertz CT molecular complexity index is 279. The molecule has 0 aliphatic carbocycles. The number of nitrogens with zero attached hydrogens (tertiary/aromatic N) is 1. The van der Waals surface area contributed by atoms with Gasteiger partial charge in [0.15, 0.2) is 0 Å². The highest BCUT2D eigenvalue weighted by molar-refractivity contribution is 7.84. The van der Waals surface area contributed by atoms with Gasteiger partial charge in [-0.25, -0.2) is 0 Å². The summed E-state index contributed by atoms with van der Waals surface area (Å²) in [5.74, 6) is 1.94. The van der Waals surface area contributed by atoms with Crippen LogP contribution in [0, 0.1) is 0 Å². The quantitative estimate of drug-likeness (QED) is 0.556. The largest absolute Gasteiger partial charge is 0.260 e. The van der Waals surface area contributed by atoms with Crippen LogP contribution in [0.15, 0.2) is 24.4 Å². The van der Waals surface area contributed by atoms with Gasteiger partial charge in [0.05, 0.1) is 11.4 Å². The van der Waals surface area contributed by atoms with Crippen LogP contribution in [0.25, 0.3) is 0 Å². The third-order valence-electron chi connectivity index (χ3n) is 1.79. The second kappa shape index (κ2) is 6.96. The predicted octanol–water partition coefficient (Wildman–Crippen LogP) is 2.35. The van der Waals surface area contributed by atoms with Gasteiger partial charge >= 0.3 is 0 Å². The Hall–Kier alpha value is -0.410. The molecule has 0 radical (unpaired) electrons. The molecule has 0 spiro atoms. The van der Waals surface area contributed by atoms with E-state index in [0.717, 1.165) is 24.3 Å². The van der Waals surface area contributed by atoms with Crippen LogP contribution in [0.1, 0.15) is 18.5 Å². The van der Waals surface area contributed by atoms with Crippen molar-refractivity contribution < 1.29 is 4.21 Å². The van der Waals surface area contributed by atoms with Crippen molar-refractivity contribution in [3.63, 3.8) is 0 Å². The molecular formula is C10H14ClNOS. The first kappa shape index (κ1) is 11.7. The summed E-state index contributed by atoms with van der Waals surface area (Å²) in [4.78, 5) is 4.13. The van der Waals surface area contributed by atoms with Crippen LogP contribution < -0.4 is 0 Å². The average molecular weight is 232 g/mol. The third-order valence-corrected chi connectivity index (χ3v) is 3.42. The van der Waals surface area contributed by atoms with Gasteiger partial charge in [-0.2, -0.15) is 0 Å². The zero-order chi connectivity index (χ0) is 10.2. The van der Waals surface area contributed by atoms with Gasteiger partial charge in [0.25, 0.3) is 0 Å². The number of unbranched alkanes of at least 4 members (excludes halogenated alkanes) is 1. The van der Waals surface area contributed by atoms with E-state index in [0.29, 0.717) is 11.6 Å². The third kappa shape index (κ3) is 4.72. The summed E-state index contributed by atoms with van der Waals surface area (Å²) in [7, 11) is -0.794. The molecule has 0 amide bonds. The summed E-state index contributed by atoms with van der Waals surface area (Å²) in [6.45, 7) is 0. The number of hydrogen-bond acceptors (Lipinski definition) is 2. The van der Waals surface area contributed by atoms with Crippen LogP contribution in [0.3, 0.4) is 0 Å². The molecule has 1 rings (SSSR count). The summed E-state index contributed by atoms with van der Waals surface area (Å²) < 4.78 is 11.5. The number of hydrogen-bond donors (Lipinski definition) is 0. The highest BCUT2D eigenvalue weighted by atomic mass is 35.5. The number of rotatable bonds is 6. The fourth-order valence-corrected chi connectivity index (χ4v) is 2.44. The van der Waals surface area contributed by atoms with E-state index in [1.54, 1.807) is 6.20 Å². The molecule has 0 saturated heterocycles. The number of halogens is 1. The highest BCUT2D eigenvalue weighted by Gasteiger charge is 2.01. The van der Waals surface area contributed by atoms with Crippen molar-refractivity contribution >= 4 is 22.4 Å². The van der Waals surface area contributed by atoms with Crippen molar-refractivity contribution in [2.45, 2.75) is 18.6 Å². The average Bonchev–Trinajstić information content (AvgIpc) is 2.20. The molecule has 1 aromatic heterocycles. The zero-order valence-electron chi connectivity index (χ0n) is 7.99. The molecule has 1 aromatic rings. The lowest BCUT2D eigenvalue weighted by Gasteiger charge is -2.00. The van der Waals surface area contributed by atoms with Crippen molar-refractivity contribution in [1.29, 1.82) is 0 Å². The normalized spacial score (nSPS) is 12.6. The number of alkyl halides is 1. The Labute approximate surface area is 92.2 Å². The fraction of sp³-hybridized carbons (Fsp3) is 0.500. The Kier molecular flexibility index (Phi) is 5.80. The summed E-state index contributed by atoms with van der Waals surface area (Å²) in [5, 5.41) is 0. The van der Waals surface area contributed by atoms with Crippen LogP contribution in [0.4, 0.5) is 0 Å². The van der Waals surface area contributed by atoms with Crippen molar-refractivity contribution in [2.75, 3.05) is 11.6 Å². The fourth-order valence-electron chi connectivity index (χ4n) is 1.08. The molecule has 0 bridgehead atoms. The highest BCUT2D eigenvalue weighted by Crippen LogP contribution is 2.02. The predicted molar refractivity (Wildman–Crippen MR) is 60.9 cm³/mol. The first-order valence-electron chi connectivity index (χ1n) is 4.64. The van der Waals surface area contributed by atoms with E-state index >= 15 is 0 Å². The lowest BCUT2D eigenvalue weighted by molar-refractivity contribution is 0.678. The van der Waals surface area contributed by atoms with E-state index in [-0.39, 0.29) is 0 Å². The second-order valence-electron chi connectivity index (χ2n) is 3.01. The van der Waals surface area contributed by atoms with E-state index < -0.39 is 10.8 Å². The number of pyridine rings is 1. The summed E-state index contributed by atoms with van der Waals surface area (Å²) in [5.41, 5.74) is 0.900. The van der Waals surface area contributed by atoms with Gasteiger partial charge in [0, 0.05) is 28.6 Å². The minimum absolute atomic E-state index is 0.559. The van der Waals surface area contributed by atoms with Crippen LogP contribution in [-0.4, -0.2) is 20.8 Å². The molecule has 14 heavy (non-hydrogen) atoms. The minimum atomic E-state index is -0.794. The van der Waals surface area contributed by atoms with Gasteiger partial charge in [-0.05, 0) is 25.0 Å². The molecule has 0 fully saturated rings. The summed E-state index contributed by atoms with van der Waals surface area (Å²) in [6.07, 6.45) is 3.60. The molecule has 2 nitrogen and oxygen atoms in total. The van der Waals surface area contributed by atoms with Gasteiger partial charge in [0.2, 0.25) is 0 Å². The molecule has 1 heterocycles. The lowest BCUT2D eigenvalue weighted by atomic mass is 10.4. The molecule has 0 aromatic carbocycles. The smallest absolute Gasteiger partial charge is 0.0658 e. The van der Waals surface area contributed by atoms with Crippen LogP contribution in [0.5, 0.6) is 0 Å². The lowest BCUT2D eigenvalue weighted by Crippen LogP contribution is -2.02. The van der Waals surface area contributed by atoms with Gasteiger partial charge in [-0.3, -0.25) is 9.19 Å². The standard InChI is InChI=1S/C10H14ClNOS/c11-6-2-4-8-14(13)9-10-5-1-3-7-12-10/h1,3,5,7H,2,4,6,8-9H2. The Morgan fingerprint density at radius 2 is 2.21 bits per heavy atom. The molecule has 4 heteroatoms. The molecular weight excluding hydrogens is 218 g/mol. The Morgan fingerprint density at radius 1 is 1.36 bits per heavy atom. The SMILES string of the molecule is O=S(CCCCCl)Cc1ccccn1. The molecule has 1 atom stereocenters. The maximum Gasteiger partial charge on any atom is 0.0658 e. The van der Waals surface area contributed by atoms with E-state index in [1.165, 1.54) is 0 Å². The second-order valence-corrected chi connectivity index (χ2v) is 4.96. The van der Waals surface area contributed by atoms with E-state index in [4.69, 9.17) is 11.6 Å². The minimum Gasteiger partial charge on any atom is -0.260 e. The van der Waals surface area contributed by atoms with Crippen LogP contribution in [-0.2, 0) is 16.6 Å². The molecule has 0 aliphatic heterocycles. The zero-order valence-corrected chi connectivity index (χ0v) is 9.56. The first-order chi connectivity index (χ1) is 6.83. The van der Waals surface area contributed by atoms with Crippen LogP contribution in [0.2, 0.25) is 0 Å². The summed E-state index contributed by atoms with van der Waals surface area (Å²) in [6, 6.07) is 5.68.